The molecule has 3 nitrogen and oxygen atoms in total. The summed E-state index contributed by atoms with van der Waals surface area (Å²) in [7, 11) is 0. The van der Waals surface area contributed by atoms with Gasteiger partial charge in [-0.2, -0.15) is 0 Å². The Kier molecular flexibility index (Phi) is 3.45. The van der Waals surface area contributed by atoms with E-state index >= 15 is 0 Å². The molecule has 0 saturated carbocycles. The summed E-state index contributed by atoms with van der Waals surface area (Å²) in [4.78, 5) is 11.9. The van der Waals surface area contributed by atoms with Gasteiger partial charge in [0.1, 0.15) is 0 Å². The molecule has 3 heteroatoms. The monoisotopic (exact) mass is 185 g/mol. The number of rotatable bonds is 4. The Labute approximate surface area is 79.6 Å². The van der Waals surface area contributed by atoms with Crippen LogP contribution in [-0.2, 0) is 9.53 Å². The van der Waals surface area contributed by atoms with E-state index in [2.05, 4.69) is 0 Å². The van der Waals surface area contributed by atoms with E-state index in [1.165, 1.54) is 0 Å². The molecule has 0 amide bonds. The molecule has 0 bridgehead atoms. The molecule has 0 aliphatic carbocycles. The Morgan fingerprint density at radius 1 is 1.69 bits per heavy atom. The van der Waals surface area contributed by atoms with E-state index in [4.69, 9.17) is 10.5 Å². The second kappa shape index (κ2) is 4.20. The maximum Gasteiger partial charge on any atom is 0.157 e. The Balaban J connectivity index is 2.53. The number of hydrogen-bond donors (Lipinski definition) is 1. The normalized spacial score (nSPS) is 27.2. The van der Waals surface area contributed by atoms with Crippen molar-refractivity contribution in [2.24, 2.45) is 11.7 Å². The molecule has 0 aromatic carbocycles. The summed E-state index contributed by atoms with van der Waals surface area (Å²) in [6, 6.07) is 0. The zero-order valence-electron chi connectivity index (χ0n) is 8.51. The smallest absolute Gasteiger partial charge is 0.157 e. The van der Waals surface area contributed by atoms with Crippen LogP contribution in [0.4, 0.5) is 0 Å². The predicted molar refractivity (Wildman–Crippen MR) is 51.4 cm³/mol. The van der Waals surface area contributed by atoms with Crippen LogP contribution in [0.3, 0.4) is 0 Å². The standard InChI is InChI=1S/C10H19NO2/c1-3-5-10(2,11)9(12)8-4-6-13-7-8/h8H,3-7,11H2,1-2H3. The van der Waals surface area contributed by atoms with Crippen LogP contribution in [0.1, 0.15) is 33.1 Å². The van der Waals surface area contributed by atoms with Crippen molar-refractivity contribution in [3.8, 4) is 0 Å². The van der Waals surface area contributed by atoms with E-state index in [0.717, 1.165) is 19.3 Å². The predicted octanol–water partition coefficient (Wildman–Crippen LogP) is 1.11. The molecular weight excluding hydrogens is 166 g/mol. The lowest BCUT2D eigenvalue weighted by molar-refractivity contribution is -0.127. The molecule has 76 valence electrons. The molecule has 0 spiro atoms. The van der Waals surface area contributed by atoms with E-state index in [9.17, 15) is 4.79 Å². The second-order valence-corrected chi connectivity index (χ2v) is 4.09. The molecule has 1 fully saturated rings. The second-order valence-electron chi connectivity index (χ2n) is 4.09. The number of nitrogens with two attached hydrogens (primary N) is 1. The van der Waals surface area contributed by atoms with Crippen molar-refractivity contribution in [2.45, 2.75) is 38.6 Å². The van der Waals surface area contributed by atoms with Gasteiger partial charge in [-0.05, 0) is 19.8 Å². The average molecular weight is 185 g/mol. The first-order chi connectivity index (χ1) is 6.08. The topological polar surface area (TPSA) is 52.3 Å². The molecule has 1 saturated heterocycles. The highest BCUT2D eigenvalue weighted by atomic mass is 16.5. The summed E-state index contributed by atoms with van der Waals surface area (Å²) in [6.45, 7) is 5.15. The van der Waals surface area contributed by atoms with E-state index in [1.807, 2.05) is 13.8 Å². The van der Waals surface area contributed by atoms with Gasteiger partial charge in [-0.25, -0.2) is 0 Å². The maximum absolute atomic E-state index is 11.9. The largest absolute Gasteiger partial charge is 0.381 e. The lowest BCUT2D eigenvalue weighted by atomic mass is 9.84. The number of ketones is 1. The van der Waals surface area contributed by atoms with Gasteiger partial charge in [-0.3, -0.25) is 4.79 Å². The Morgan fingerprint density at radius 2 is 2.38 bits per heavy atom. The molecule has 13 heavy (non-hydrogen) atoms. The van der Waals surface area contributed by atoms with Crippen molar-refractivity contribution < 1.29 is 9.53 Å². The van der Waals surface area contributed by atoms with Gasteiger partial charge in [0.2, 0.25) is 0 Å². The van der Waals surface area contributed by atoms with E-state index in [-0.39, 0.29) is 11.7 Å². The summed E-state index contributed by atoms with van der Waals surface area (Å²) in [6.07, 6.45) is 2.56. The van der Waals surface area contributed by atoms with E-state index in [1.54, 1.807) is 0 Å². The van der Waals surface area contributed by atoms with Crippen LogP contribution in [0.15, 0.2) is 0 Å². The lowest BCUT2D eigenvalue weighted by Gasteiger charge is -2.25. The number of carbonyl (C=O) groups is 1. The van der Waals surface area contributed by atoms with E-state index in [0.29, 0.717) is 13.2 Å². The molecule has 1 aliphatic rings. The third kappa shape index (κ3) is 2.51. The number of carbonyl (C=O) groups excluding carboxylic acids is 1. The first-order valence-electron chi connectivity index (χ1n) is 4.99. The Hall–Kier alpha value is -0.410. The fourth-order valence-corrected chi connectivity index (χ4v) is 1.85. The molecule has 2 unspecified atom stereocenters. The quantitative estimate of drug-likeness (QED) is 0.713. The van der Waals surface area contributed by atoms with Crippen LogP contribution in [0.25, 0.3) is 0 Å². The zero-order chi connectivity index (χ0) is 9.90. The zero-order valence-corrected chi connectivity index (χ0v) is 8.51. The summed E-state index contributed by atoms with van der Waals surface area (Å²) in [5.41, 5.74) is 5.30. The average Bonchev–Trinajstić information content (AvgIpc) is 2.54. The summed E-state index contributed by atoms with van der Waals surface area (Å²) in [5, 5.41) is 0. The lowest BCUT2D eigenvalue weighted by Crippen LogP contribution is -2.48. The molecule has 0 radical (unpaired) electrons. The maximum atomic E-state index is 11.9. The molecule has 0 aromatic rings. The van der Waals surface area contributed by atoms with Gasteiger partial charge in [-0.1, -0.05) is 13.3 Å². The fourth-order valence-electron chi connectivity index (χ4n) is 1.85. The summed E-state index contributed by atoms with van der Waals surface area (Å²) >= 11 is 0. The Bertz CT molecular complexity index is 183. The minimum atomic E-state index is -0.646. The van der Waals surface area contributed by atoms with Crippen molar-refractivity contribution in [3.63, 3.8) is 0 Å². The minimum Gasteiger partial charge on any atom is -0.381 e. The first kappa shape index (κ1) is 10.7. The van der Waals surface area contributed by atoms with E-state index < -0.39 is 5.54 Å². The van der Waals surface area contributed by atoms with Gasteiger partial charge < -0.3 is 10.5 Å². The van der Waals surface area contributed by atoms with Crippen molar-refractivity contribution in [1.29, 1.82) is 0 Å². The van der Waals surface area contributed by atoms with Gasteiger partial charge in [0, 0.05) is 12.5 Å². The Morgan fingerprint density at radius 3 is 2.85 bits per heavy atom. The van der Waals surface area contributed by atoms with Gasteiger partial charge in [0.05, 0.1) is 12.1 Å². The first-order valence-corrected chi connectivity index (χ1v) is 4.99. The van der Waals surface area contributed by atoms with Gasteiger partial charge >= 0.3 is 0 Å². The van der Waals surface area contributed by atoms with Crippen LogP contribution >= 0.6 is 0 Å². The summed E-state index contributed by atoms with van der Waals surface area (Å²) in [5.74, 6) is 0.216. The SMILES string of the molecule is CCCC(C)(N)C(=O)C1CCOC1. The van der Waals surface area contributed by atoms with Crippen LogP contribution < -0.4 is 5.73 Å². The molecule has 1 aliphatic heterocycles. The molecular formula is C10H19NO2. The van der Waals surface area contributed by atoms with Gasteiger partial charge in [-0.15, -0.1) is 0 Å². The number of hydrogen-bond acceptors (Lipinski definition) is 3. The summed E-state index contributed by atoms with van der Waals surface area (Å²) < 4.78 is 5.18. The van der Waals surface area contributed by atoms with Gasteiger partial charge in [0.25, 0.3) is 0 Å². The van der Waals surface area contributed by atoms with Gasteiger partial charge in [0.15, 0.2) is 5.78 Å². The van der Waals surface area contributed by atoms with Crippen molar-refractivity contribution >= 4 is 5.78 Å². The molecule has 1 rings (SSSR count). The van der Waals surface area contributed by atoms with Crippen molar-refractivity contribution in [1.82, 2.24) is 0 Å². The highest BCUT2D eigenvalue weighted by Crippen LogP contribution is 2.21. The fraction of sp³-hybridized carbons (Fsp3) is 0.900. The number of ether oxygens (including phenoxy) is 1. The molecule has 2 atom stereocenters. The minimum absolute atomic E-state index is 0.0431. The van der Waals surface area contributed by atoms with Crippen LogP contribution in [0, 0.1) is 5.92 Å². The molecule has 1 heterocycles. The van der Waals surface area contributed by atoms with Crippen molar-refractivity contribution in [3.05, 3.63) is 0 Å². The van der Waals surface area contributed by atoms with Crippen molar-refractivity contribution in [2.75, 3.05) is 13.2 Å². The highest BCUT2D eigenvalue weighted by Gasteiger charge is 2.35. The molecule has 0 aromatic heterocycles. The highest BCUT2D eigenvalue weighted by molar-refractivity contribution is 5.90. The van der Waals surface area contributed by atoms with Crippen LogP contribution in [0.2, 0.25) is 0 Å². The molecule has 2 N–H and O–H groups in total. The van der Waals surface area contributed by atoms with Crippen LogP contribution in [-0.4, -0.2) is 24.5 Å². The van der Waals surface area contributed by atoms with Crippen LogP contribution in [0.5, 0.6) is 0 Å². The third-order valence-electron chi connectivity index (χ3n) is 2.63. The number of Topliss-reactive ketones (excluding diaryl/α,β-unsaturated/α-hetero) is 1. The third-order valence-corrected chi connectivity index (χ3v) is 2.63.